The Bertz CT molecular complexity index is 709. The van der Waals surface area contributed by atoms with Crippen LogP contribution in [-0.4, -0.2) is 30.8 Å². The zero-order chi connectivity index (χ0) is 13.7. The summed E-state index contributed by atoms with van der Waals surface area (Å²) in [5, 5.41) is 19.2. The molecule has 0 aromatic carbocycles. The van der Waals surface area contributed by atoms with Gasteiger partial charge in [-0.1, -0.05) is 6.07 Å². The number of carboxylic acids is 1. The van der Waals surface area contributed by atoms with Crippen molar-refractivity contribution >= 4 is 11.7 Å². The number of aromatic carboxylic acids is 1. The van der Waals surface area contributed by atoms with E-state index in [1.165, 1.54) is 0 Å². The summed E-state index contributed by atoms with van der Waals surface area (Å²) in [5.74, 6) is -1.46. The molecular weight excluding hydrogens is 252 g/mol. The highest BCUT2D eigenvalue weighted by molar-refractivity contribution is 5.82. The van der Waals surface area contributed by atoms with Gasteiger partial charge < -0.3 is 9.90 Å². The average Bonchev–Trinajstić information content (AvgIpc) is 2.80. The first-order chi connectivity index (χ1) is 9.16. The minimum Gasteiger partial charge on any atom is -0.543 e. The number of aromatic amines is 2. The molecule has 0 amide bonds. The zero-order valence-corrected chi connectivity index (χ0v) is 9.48. The molecule has 19 heavy (non-hydrogen) atoms. The molecule has 0 aliphatic rings. The van der Waals surface area contributed by atoms with Crippen molar-refractivity contribution in [2.45, 2.75) is 0 Å². The van der Waals surface area contributed by atoms with Crippen molar-refractivity contribution in [2.75, 3.05) is 0 Å². The van der Waals surface area contributed by atoms with Crippen molar-refractivity contribution in [1.29, 1.82) is 0 Å². The maximum absolute atomic E-state index is 10.7. The topological polar surface area (TPSA) is 130 Å². The van der Waals surface area contributed by atoms with Gasteiger partial charge in [-0.3, -0.25) is 0 Å². The van der Waals surface area contributed by atoms with Crippen LogP contribution in [0.2, 0.25) is 0 Å². The van der Waals surface area contributed by atoms with E-state index in [4.69, 9.17) is 0 Å². The fraction of sp³-hybridized carbons (Fsp3) is 0. The number of carbonyl (C=O) groups is 1. The first-order valence-electron chi connectivity index (χ1n) is 5.11. The van der Waals surface area contributed by atoms with Gasteiger partial charge in [-0.25, -0.2) is 19.4 Å². The van der Waals surface area contributed by atoms with Gasteiger partial charge in [-0.15, -0.1) is 10.2 Å². The van der Waals surface area contributed by atoms with Crippen LogP contribution in [0.1, 0.15) is 10.5 Å². The summed E-state index contributed by atoms with van der Waals surface area (Å²) in [6.45, 7) is 0. The molecule has 0 aliphatic carbocycles. The van der Waals surface area contributed by atoms with Gasteiger partial charge in [-0.2, -0.15) is 4.98 Å². The fourth-order valence-electron chi connectivity index (χ4n) is 1.17. The van der Waals surface area contributed by atoms with E-state index < -0.39 is 11.7 Å². The van der Waals surface area contributed by atoms with E-state index in [0.29, 0.717) is 0 Å². The summed E-state index contributed by atoms with van der Waals surface area (Å²) in [5.41, 5.74) is -0.994. The van der Waals surface area contributed by atoms with Crippen molar-refractivity contribution in [2.24, 2.45) is 0 Å². The fourth-order valence-corrected chi connectivity index (χ4v) is 1.17. The highest BCUT2D eigenvalue weighted by Crippen LogP contribution is 1.91. The first-order valence-corrected chi connectivity index (χ1v) is 5.11. The van der Waals surface area contributed by atoms with Gasteiger partial charge >= 0.3 is 5.69 Å². The highest BCUT2D eigenvalue weighted by Gasteiger charge is 2.02. The van der Waals surface area contributed by atoms with Crippen LogP contribution in [-0.2, 0) is 0 Å². The highest BCUT2D eigenvalue weighted by atomic mass is 16.4. The summed E-state index contributed by atoms with van der Waals surface area (Å²) >= 11 is 0. The molecule has 0 aliphatic heterocycles. The van der Waals surface area contributed by atoms with Gasteiger partial charge in [0.15, 0.2) is 12.4 Å². The van der Waals surface area contributed by atoms with Crippen molar-refractivity contribution < 1.29 is 14.9 Å². The number of pyridine rings is 1. The minimum absolute atomic E-state index is 0.00926. The van der Waals surface area contributed by atoms with Gasteiger partial charge in [0.2, 0.25) is 0 Å². The summed E-state index contributed by atoms with van der Waals surface area (Å²) in [4.78, 5) is 27.2. The lowest BCUT2D eigenvalue weighted by Gasteiger charge is -1.98. The summed E-state index contributed by atoms with van der Waals surface area (Å²) in [7, 11) is 0. The van der Waals surface area contributed by atoms with Gasteiger partial charge in [0, 0.05) is 12.1 Å². The van der Waals surface area contributed by atoms with Crippen molar-refractivity contribution in [1.82, 2.24) is 24.8 Å². The van der Waals surface area contributed by atoms with Crippen LogP contribution >= 0.6 is 0 Å². The molecule has 0 bridgehead atoms. The molecule has 2 N–H and O–H groups in total. The molecule has 96 valence electrons. The van der Waals surface area contributed by atoms with Gasteiger partial charge in [0.05, 0.1) is 12.2 Å². The largest absolute Gasteiger partial charge is 0.543 e. The molecule has 0 radical (unpaired) electrons. The number of H-pyrrole nitrogens is 2. The predicted molar refractivity (Wildman–Crippen MR) is 58.7 cm³/mol. The Morgan fingerprint density at radius 2 is 2.00 bits per heavy atom. The van der Waals surface area contributed by atoms with Crippen LogP contribution in [0, 0.1) is 0 Å². The maximum atomic E-state index is 10.7. The number of rotatable bonds is 1. The average molecular weight is 260 g/mol. The summed E-state index contributed by atoms with van der Waals surface area (Å²) < 4.78 is 1.06. The molecule has 9 heteroatoms. The Balaban J connectivity index is 0.000000186. The van der Waals surface area contributed by atoms with Crippen LogP contribution in [0.3, 0.4) is 0 Å². The zero-order valence-electron chi connectivity index (χ0n) is 9.48. The number of aromatic nitrogens is 6. The third kappa shape index (κ3) is 3.19. The molecule has 0 atom stereocenters. The van der Waals surface area contributed by atoms with E-state index in [-0.39, 0.29) is 11.5 Å². The lowest BCUT2D eigenvalue weighted by molar-refractivity contribution is -0.377. The third-order valence-corrected chi connectivity index (χ3v) is 1.95. The SMILES string of the molecule is O=C([O-])c1cn2[nH]c(=O)nc2nn1.c1cc[nH+]cc1. The molecule has 3 rings (SSSR count). The number of nitrogens with one attached hydrogen (secondary N) is 2. The lowest BCUT2D eigenvalue weighted by atomic mass is 10.5. The van der Waals surface area contributed by atoms with E-state index in [1.807, 2.05) is 30.6 Å². The Kier molecular flexibility index (Phi) is 3.57. The molecule has 3 heterocycles. The van der Waals surface area contributed by atoms with E-state index in [1.54, 1.807) is 0 Å². The number of carboxylic acid groups (broad SMARTS) is 1. The van der Waals surface area contributed by atoms with Crippen molar-refractivity contribution in [3.05, 3.63) is 53.0 Å². The molecule has 0 fully saturated rings. The van der Waals surface area contributed by atoms with E-state index in [0.717, 1.165) is 10.7 Å². The standard InChI is InChI=1S/C5H3N5O3.C5H5N/c11-3(12)2-1-10-4(8-7-2)6-5(13)9-10;1-2-4-6-5-3-1/h1H,(H,9,13)(H,11,12);1-5H. The van der Waals surface area contributed by atoms with E-state index in [2.05, 4.69) is 25.3 Å². The molecule has 0 saturated heterocycles. The smallest absolute Gasteiger partial charge is 0.363 e. The molecule has 0 saturated carbocycles. The Morgan fingerprint density at radius 3 is 2.53 bits per heavy atom. The Hall–Kier alpha value is -3.10. The lowest BCUT2D eigenvalue weighted by Crippen LogP contribution is -2.24. The monoisotopic (exact) mass is 260 g/mol. The van der Waals surface area contributed by atoms with Crippen LogP contribution in [0.25, 0.3) is 5.78 Å². The van der Waals surface area contributed by atoms with Gasteiger partial charge in [-0.05, 0) is 0 Å². The van der Waals surface area contributed by atoms with E-state index >= 15 is 0 Å². The first kappa shape index (κ1) is 12.4. The van der Waals surface area contributed by atoms with Crippen LogP contribution < -0.4 is 15.8 Å². The van der Waals surface area contributed by atoms with Gasteiger partial charge in [0.1, 0.15) is 5.69 Å². The number of hydrogen-bond acceptors (Lipinski definition) is 6. The molecule has 9 nitrogen and oxygen atoms in total. The number of nitrogens with zero attached hydrogens (tertiary/aromatic N) is 4. The van der Waals surface area contributed by atoms with Crippen molar-refractivity contribution in [3.8, 4) is 0 Å². The Morgan fingerprint density at radius 1 is 1.26 bits per heavy atom. The van der Waals surface area contributed by atoms with Crippen LogP contribution in [0.5, 0.6) is 0 Å². The second-order valence-corrected chi connectivity index (χ2v) is 3.28. The number of hydrogen-bond donors (Lipinski definition) is 1. The van der Waals surface area contributed by atoms with Gasteiger partial charge in [0.25, 0.3) is 5.78 Å². The van der Waals surface area contributed by atoms with Crippen molar-refractivity contribution in [3.63, 3.8) is 0 Å². The minimum atomic E-state index is -1.47. The van der Waals surface area contributed by atoms with Crippen LogP contribution in [0.4, 0.5) is 0 Å². The van der Waals surface area contributed by atoms with Crippen LogP contribution in [0.15, 0.2) is 41.6 Å². The second kappa shape index (κ2) is 5.49. The predicted octanol–water partition coefficient (Wildman–Crippen LogP) is -2.32. The summed E-state index contributed by atoms with van der Waals surface area (Å²) in [6.07, 6.45) is 4.81. The molecule has 3 aromatic rings. The Labute approximate surface area is 105 Å². The van der Waals surface area contributed by atoms with E-state index in [9.17, 15) is 14.7 Å². The molecule has 0 spiro atoms. The normalized spacial score (nSPS) is 9.68. The molecular formula is C10H8N6O3. The number of carbonyl (C=O) groups excluding carboxylic acids is 1. The quantitative estimate of drug-likeness (QED) is 0.522. The second-order valence-electron chi connectivity index (χ2n) is 3.28. The molecule has 3 aromatic heterocycles. The summed E-state index contributed by atoms with van der Waals surface area (Å²) in [6, 6.07) is 5.86. The number of fused-ring (bicyclic) bond motifs is 1. The third-order valence-electron chi connectivity index (χ3n) is 1.95. The maximum Gasteiger partial charge on any atom is 0.363 e. The molecule has 0 unspecified atom stereocenters.